The van der Waals surface area contributed by atoms with Crippen LogP contribution in [0.1, 0.15) is 5.56 Å². The van der Waals surface area contributed by atoms with Crippen molar-refractivity contribution in [3.8, 4) is 0 Å². The SMILES string of the molecule is Cc1ccccc1NC(=O)Nc1ccon1. The fourth-order valence-electron chi connectivity index (χ4n) is 1.26. The van der Waals surface area contributed by atoms with Gasteiger partial charge in [-0.05, 0) is 18.6 Å². The fraction of sp³-hybridized carbons (Fsp3) is 0.0909. The minimum atomic E-state index is -0.344. The Labute approximate surface area is 92.4 Å². The molecule has 2 N–H and O–H groups in total. The highest BCUT2D eigenvalue weighted by atomic mass is 16.5. The van der Waals surface area contributed by atoms with Gasteiger partial charge in [0, 0.05) is 11.8 Å². The van der Waals surface area contributed by atoms with Crippen molar-refractivity contribution < 1.29 is 9.32 Å². The lowest BCUT2D eigenvalue weighted by molar-refractivity contribution is 0.262. The number of nitrogens with zero attached hydrogens (tertiary/aromatic N) is 1. The molecule has 0 spiro atoms. The number of para-hydroxylation sites is 1. The van der Waals surface area contributed by atoms with E-state index in [9.17, 15) is 4.79 Å². The largest absolute Gasteiger partial charge is 0.363 e. The molecule has 1 aromatic heterocycles. The molecule has 0 bridgehead atoms. The number of aryl methyl sites for hydroxylation is 1. The van der Waals surface area contributed by atoms with Gasteiger partial charge in [0.05, 0.1) is 0 Å². The number of anilines is 2. The summed E-state index contributed by atoms with van der Waals surface area (Å²) in [6.07, 6.45) is 1.39. The Bertz CT molecular complexity index is 480. The van der Waals surface area contributed by atoms with E-state index in [1.165, 1.54) is 6.26 Å². The van der Waals surface area contributed by atoms with Crippen LogP contribution in [0, 0.1) is 6.92 Å². The first kappa shape index (κ1) is 10.2. The van der Waals surface area contributed by atoms with Gasteiger partial charge in [-0.2, -0.15) is 0 Å². The molecule has 0 aliphatic carbocycles. The summed E-state index contributed by atoms with van der Waals surface area (Å²) in [6.45, 7) is 1.92. The van der Waals surface area contributed by atoms with Crippen LogP contribution in [0.15, 0.2) is 41.1 Å². The van der Waals surface area contributed by atoms with E-state index in [-0.39, 0.29) is 6.03 Å². The normalized spacial score (nSPS) is 9.81. The van der Waals surface area contributed by atoms with Gasteiger partial charge < -0.3 is 9.84 Å². The van der Waals surface area contributed by atoms with Crippen LogP contribution < -0.4 is 10.6 Å². The van der Waals surface area contributed by atoms with Crippen molar-refractivity contribution in [2.45, 2.75) is 6.92 Å². The number of carbonyl (C=O) groups is 1. The summed E-state index contributed by atoms with van der Waals surface area (Å²) in [6, 6.07) is 8.75. The topological polar surface area (TPSA) is 67.2 Å². The molecule has 1 heterocycles. The molecular weight excluding hydrogens is 206 g/mol. The lowest BCUT2D eigenvalue weighted by atomic mass is 10.2. The van der Waals surface area contributed by atoms with Crippen molar-refractivity contribution in [3.05, 3.63) is 42.2 Å². The summed E-state index contributed by atoms with van der Waals surface area (Å²) in [4.78, 5) is 11.5. The highest BCUT2D eigenvalue weighted by molar-refractivity contribution is 5.99. The van der Waals surface area contributed by atoms with Gasteiger partial charge in [0.1, 0.15) is 6.26 Å². The van der Waals surface area contributed by atoms with Gasteiger partial charge in [0.2, 0.25) is 0 Å². The van der Waals surface area contributed by atoms with E-state index in [1.54, 1.807) is 6.07 Å². The molecule has 0 aliphatic heterocycles. The summed E-state index contributed by atoms with van der Waals surface area (Å²) in [5.41, 5.74) is 1.77. The molecule has 0 aliphatic rings. The molecule has 5 nitrogen and oxygen atoms in total. The molecule has 0 saturated carbocycles. The smallest absolute Gasteiger partial charge is 0.324 e. The number of hydrogen-bond donors (Lipinski definition) is 2. The highest BCUT2D eigenvalue weighted by Gasteiger charge is 2.05. The maximum absolute atomic E-state index is 11.5. The molecule has 0 atom stereocenters. The first-order valence-corrected chi connectivity index (χ1v) is 4.80. The maximum Gasteiger partial charge on any atom is 0.324 e. The predicted molar refractivity (Wildman–Crippen MR) is 60.3 cm³/mol. The minimum absolute atomic E-state index is 0.344. The van der Waals surface area contributed by atoms with Crippen LogP contribution in [-0.2, 0) is 0 Å². The number of benzene rings is 1. The third-order valence-corrected chi connectivity index (χ3v) is 2.07. The quantitative estimate of drug-likeness (QED) is 0.812. The lowest BCUT2D eigenvalue weighted by Gasteiger charge is -2.07. The molecule has 5 heteroatoms. The zero-order valence-corrected chi connectivity index (χ0v) is 8.73. The van der Waals surface area contributed by atoms with Gasteiger partial charge in [-0.15, -0.1) is 0 Å². The van der Waals surface area contributed by atoms with Gasteiger partial charge in [-0.3, -0.25) is 5.32 Å². The number of amides is 2. The van der Waals surface area contributed by atoms with E-state index < -0.39 is 0 Å². The molecule has 2 amide bonds. The second-order valence-electron chi connectivity index (χ2n) is 3.28. The van der Waals surface area contributed by atoms with Crippen molar-refractivity contribution in [3.63, 3.8) is 0 Å². The second kappa shape index (κ2) is 4.48. The fourth-order valence-corrected chi connectivity index (χ4v) is 1.26. The van der Waals surface area contributed by atoms with Gasteiger partial charge in [-0.1, -0.05) is 23.4 Å². The van der Waals surface area contributed by atoms with E-state index >= 15 is 0 Å². The van der Waals surface area contributed by atoms with E-state index in [2.05, 4.69) is 20.3 Å². The first-order valence-electron chi connectivity index (χ1n) is 4.80. The number of hydrogen-bond acceptors (Lipinski definition) is 3. The zero-order chi connectivity index (χ0) is 11.4. The summed E-state index contributed by atoms with van der Waals surface area (Å²) in [5, 5.41) is 8.83. The van der Waals surface area contributed by atoms with Crippen LogP contribution >= 0.6 is 0 Å². The van der Waals surface area contributed by atoms with Crippen LogP contribution in [0.2, 0.25) is 0 Å². The van der Waals surface area contributed by atoms with E-state index in [0.717, 1.165) is 11.3 Å². The Morgan fingerprint density at radius 3 is 2.75 bits per heavy atom. The third-order valence-electron chi connectivity index (χ3n) is 2.07. The average Bonchev–Trinajstić information content (AvgIpc) is 2.74. The lowest BCUT2D eigenvalue weighted by Crippen LogP contribution is -2.20. The monoisotopic (exact) mass is 217 g/mol. The average molecular weight is 217 g/mol. The Morgan fingerprint density at radius 2 is 2.06 bits per heavy atom. The van der Waals surface area contributed by atoms with Gasteiger partial charge >= 0.3 is 6.03 Å². The van der Waals surface area contributed by atoms with Gasteiger partial charge in [0.25, 0.3) is 0 Å². The van der Waals surface area contributed by atoms with E-state index in [4.69, 9.17) is 0 Å². The molecular formula is C11H11N3O2. The summed E-state index contributed by atoms with van der Waals surface area (Å²) in [5.74, 6) is 0.381. The van der Waals surface area contributed by atoms with Crippen LogP contribution in [0.5, 0.6) is 0 Å². The molecule has 0 radical (unpaired) electrons. The standard InChI is InChI=1S/C11H11N3O2/c1-8-4-2-3-5-9(8)12-11(15)13-10-6-7-16-14-10/h2-7H,1H3,(H2,12,13,14,15). The Morgan fingerprint density at radius 1 is 1.25 bits per heavy atom. The molecule has 2 aromatic rings. The number of carbonyl (C=O) groups excluding carboxylic acids is 1. The summed E-state index contributed by atoms with van der Waals surface area (Å²) >= 11 is 0. The summed E-state index contributed by atoms with van der Waals surface area (Å²) < 4.78 is 4.60. The van der Waals surface area contributed by atoms with Crippen molar-refractivity contribution in [1.29, 1.82) is 0 Å². The number of aromatic nitrogens is 1. The Kier molecular flexibility index (Phi) is 2.86. The zero-order valence-electron chi connectivity index (χ0n) is 8.73. The molecule has 2 rings (SSSR count). The van der Waals surface area contributed by atoms with Gasteiger partial charge in [-0.25, -0.2) is 4.79 Å². The predicted octanol–water partition coefficient (Wildman–Crippen LogP) is 2.63. The molecule has 0 saturated heterocycles. The van der Waals surface area contributed by atoms with Crippen LogP contribution in [0.3, 0.4) is 0 Å². The molecule has 1 aromatic carbocycles. The number of rotatable bonds is 2. The number of urea groups is 1. The minimum Gasteiger partial charge on any atom is -0.363 e. The van der Waals surface area contributed by atoms with E-state index in [1.807, 2.05) is 31.2 Å². The first-order chi connectivity index (χ1) is 7.75. The van der Waals surface area contributed by atoms with E-state index in [0.29, 0.717) is 5.82 Å². The Hall–Kier alpha value is -2.30. The van der Waals surface area contributed by atoms with Crippen molar-refractivity contribution in [2.24, 2.45) is 0 Å². The van der Waals surface area contributed by atoms with Gasteiger partial charge in [0.15, 0.2) is 5.82 Å². The van der Waals surface area contributed by atoms with Crippen molar-refractivity contribution in [2.75, 3.05) is 10.6 Å². The van der Waals surface area contributed by atoms with Crippen LogP contribution in [0.4, 0.5) is 16.3 Å². The molecule has 0 unspecified atom stereocenters. The second-order valence-corrected chi connectivity index (χ2v) is 3.28. The maximum atomic E-state index is 11.5. The Balaban J connectivity index is 2.00. The third kappa shape index (κ3) is 2.38. The summed E-state index contributed by atoms with van der Waals surface area (Å²) in [7, 11) is 0. The molecule has 16 heavy (non-hydrogen) atoms. The highest BCUT2D eigenvalue weighted by Crippen LogP contribution is 2.13. The van der Waals surface area contributed by atoms with Crippen molar-refractivity contribution in [1.82, 2.24) is 5.16 Å². The van der Waals surface area contributed by atoms with Crippen LogP contribution in [0.25, 0.3) is 0 Å². The molecule has 0 fully saturated rings. The number of nitrogens with one attached hydrogen (secondary N) is 2. The van der Waals surface area contributed by atoms with Crippen molar-refractivity contribution >= 4 is 17.5 Å². The van der Waals surface area contributed by atoms with Crippen LogP contribution in [-0.4, -0.2) is 11.2 Å². The molecule has 82 valence electrons.